The van der Waals surface area contributed by atoms with Gasteiger partial charge in [-0.05, 0) is 38.5 Å². The Morgan fingerprint density at radius 2 is 1.85 bits per heavy atom. The van der Waals surface area contributed by atoms with Crippen LogP contribution in [0.1, 0.15) is 40.2 Å². The van der Waals surface area contributed by atoms with Crippen LogP contribution >= 0.6 is 35.6 Å². The molecule has 0 atom stereocenters. The molecule has 1 aromatic carbocycles. The van der Waals surface area contributed by atoms with Crippen LogP contribution < -0.4 is 16.0 Å². The van der Waals surface area contributed by atoms with Crippen molar-refractivity contribution in [2.45, 2.75) is 40.0 Å². The highest BCUT2D eigenvalue weighted by molar-refractivity contribution is 14.0. The molecular formula is C19H31ClFIN4O. The van der Waals surface area contributed by atoms with Gasteiger partial charge in [-0.1, -0.05) is 31.5 Å². The van der Waals surface area contributed by atoms with Crippen LogP contribution in [0.5, 0.6) is 0 Å². The maximum atomic E-state index is 13.3. The Bertz CT molecular complexity index is 665. The number of halogens is 3. The summed E-state index contributed by atoms with van der Waals surface area (Å²) >= 11 is 6.20. The number of nitrogens with zero attached hydrogens (tertiary/aromatic N) is 1. The minimum Gasteiger partial charge on any atom is -0.359 e. The lowest BCUT2D eigenvalue weighted by Gasteiger charge is -2.28. The van der Waals surface area contributed by atoms with E-state index in [-0.39, 0.29) is 41.1 Å². The summed E-state index contributed by atoms with van der Waals surface area (Å²) in [5.74, 6) is 0.208. The Hall–Kier alpha value is -1.09. The second-order valence-electron chi connectivity index (χ2n) is 7.52. The summed E-state index contributed by atoms with van der Waals surface area (Å²) in [4.78, 5) is 16.4. The van der Waals surface area contributed by atoms with Crippen molar-refractivity contribution in [3.63, 3.8) is 0 Å². The van der Waals surface area contributed by atoms with Gasteiger partial charge in [0.25, 0.3) is 0 Å². The van der Waals surface area contributed by atoms with E-state index in [2.05, 4.69) is 20.9 Å². The highest BCUT2D eigenvalue weighted by Gasteiger charge is 2.27. The first-order valence-corrected chi connectivity index (χ1v) is 9.11. The van der Waals surface area contributed by atoms with Gasteiger partial charge in [-0.15, -0.1) is 24.0 Å². The fourth-order valence-electron chi connectivity index (χ4n) is 2.47. The number of hydrogen-bond acceptors (Lipinski definition) is 2. The maximum Gasteiger partial charge on any atom is 0.227 e. The molecule has 0 aliphatic carbocycles. The van der Waals surface area contributed by atoms with Crippen molar-refractivity contribution in [3.05, 3.63) is 34.6 Å². The maximum absolute atomic E-state index is 13.3. The third-order valence-corrected chi connectivity index (χ3v) is 4.49. The number of aliphatic imine (C=N–C) groups is 1. The predicted octanol–water partition coefficient (Wildman–Crippen LogP) is 3.70. The van der Waals surface area contributed by atoms with E-state index in [1.165, 1.54) is 12.1 Å². The summed E-state index contributed by atoms with van der Waals surface area (Å²) in [5, 5.41) is 9.52. The lowest BCUT2D eigenvalue weighted by atomic mass is 9.84. The Balaban J connectivity index is 0.00000676. The van der Waals surface area contributed by atoms with Gasteiger partial charge in [0.15, 0.2) is 5.96 Å². The van der Waals surface area contributed by atoms with Gasteiger partial charge in [-0.3, -0.25) is 9.79 Å². The fourth-order valence-corrected chi connectivity index (χ4v) is 2.89. The molecule has 5 nitrogen and oxygen atoms in total. The zero-order chi connectivity index (χ0) is 20.0. The van der Waals surface area contributed by atoms with E-state index in [1.54, 1.807) is 13.1 Å². The summed E-state index contributed by atoms with van der Waals surface area (Å²) < 4.78 is 13.3. The topological polar surface area (TPSA) is 65.5 Å². The first kappa shape index (κ1) is 25.9. The van der Waals surface area contributed by atoms with Crippen molar-refractivity contribution in [1.29, 1.82) is 0 Å². The zero-order valence-electron chi connectivity index (χ0n) is 16.9. The number of amides is 1. The van der Waals surface area contributed by atoms with Gasteiger partial charge in [0.1, 0.15) is 5.82 Å². The first-order valence-electron chi connectivity index (χ1n) is 8.73. The smallest absolute Gasteiger partial charge is 0.227 e. The van der Waals surface area contributed by atoms with Crippen LogP contribution in [0.4, 0.5) is 4.39 Å². The molecule has 0 saturated heterocycles. The number of benzene rings is 1. The van der Waals surface area contributed by atoms with Gasteiger partial charge in [0.2, 0.25) is 5.91 Å². The van der Waals surface area contributed by atoms with Crippen LogP contribution in [0.25, 0.3) is 0 Å². The molecule has 0 spiro atoms. The summed E-state index contributed by atoms with van der Waals surface area (Å²) in [5.41, 5.74) is -0.0842. The molecule has 0 heterocycles. The average molecular weight is 513 g/mol. The molecule has 154 valence electrons. The summed E-state index contributed by atoms with van der Waals surface area (Å²) in [6.45, 7) is 11.3. The van der Waals surface area contributed by atoms with E-state index in [9.17, 15) is 9.18 Å². The molecular weight excluding hydrogens is 482 g/mol. The van der Waals surface area contributed by atoms with Crippen molar-refractivity contribution in [2.75, 3.05) is 26.7 Å². The molecule has 0 unspecified atom stereocenters. The van der Waals surface area contributed by atoms with Gasteiger partial charge in [-0.2, -0.15) is 0 Å². The number of carbonyl (C=O) groups excluding carboxylic acids is 1. The van der Waals surface area contributed by atoms with Gasteiger partial charge in [0, 0.05) is 30.6 Å². The second kappa shape index (κ2) is 11.0. The molecule has 3 N–H and O–H groups in total. The van der Waals surface area contributed by atoms with E-state index in [4.69, 9.17) is 11.6 Å². The molecule has 0 fully saturated rings. The standard InChI is InChI=1S/C19H30ClFN4O.HI/c1-7-23-17(25-12-19(4,5)16(26)22-6)24-11-18(2,3)14-9-8-13(21)10-15(14)20;/h8-10H,7,11-12H2,1-6H3,(H,22,26)(H2,23,24,25);1H. The van der Waals surface area contributed by atoms with E-state index in [0.717, 1.165) is 5.56 Å². The molecule has 0 bridgehead atoms. The quantitative estimate of drug-likeness (QED) is 0.297. The van der Waals surface area contributed by atoms with Crippen LogP contribution in [-0.2, 0) is 10.2 Å². The summed E-state index contributed by atoms with van der Waals surface area (Å²) in [6.07, 6.45) is 0. The Morgan fingerprint density at radius 1 is 1.22 bits per heavy atom. The molecule has 0 radical (unpaired) electrons. The molecule has 1 amide bonds. The molecule has 1 rings (SSSR count). The lowest BCUT2D eigenvalue weighted by Crippen LogP contribution is -2.44. The van der Waals surface area contributed by atoms with Gasteiger partial charge >= 0.3 is 0 Å². The molecule has 1 aromatic rings. The minimum absolute atomic E-state index is 0. The molecule has 8 heteroatoms. The Morgan fingerprint density at radius 3 is 2.37 bits per heavy atom. The van der Waals surface area contributed by atoms with Crippen molar-refractivity contribution < 1.29 is 9.18 Å². The van der Waals surface area contributed by atoms with Gasteiger partial charge in [-0.25, -0.2) is 4.39 Å². The molecule has 0 aromatic heterocycles. The number of rotatable bonds is 7. The van der Waals surface area contributed by atoms with E-state index in [0.29, 0.717) is 30.6 Å². The zero-order valence-corrected chi connectivity index (χ0v) is 20.0. The van der Waals surface area contributed by atoms with Crippen molar-refractivity contribution in [1.82, 2.24) is 16.0 Å². The monoisotopic (exact) mass is 512 g/mol. The summed E-state index contributed by atoms with van der Waals surface area (Å²) in [6, 6.07) is 4.44. The third kappa shape index (κ3) is 7.81. The minimum atomic E-state index is -0.604. The number of hydrogen-bond donors (Lipinski definition) is 3. The van der Waals surface area contributed by atoms with Gasteiger partial charge < -0.3 is 16.0 Å². The number of nitrogens with one attached hydrogen (secondary N) is 3. The predicted molar refractivity (Wildman–Crippen MR) is 122 cm³/mol. The van der Waals surface area contributed by atoms with Crippen LogP contribution in [0.3, 0.4) is 0 Å². The SMILES string of the molecule is CCNC(=NCC(C)(C)C(=O)NC)NCC(C)(C)c1ccc(F)cc1Cl.I. The largest absolute Gasteiger partial charge is 0.359 e. The first-order chi connectivity index (χ1) is 12.0. The van der Waals surface area contributed by atoms with Crippen molar-refractivity contribution >= 4 is 47.4 Å². The highest BCUT2D eigenvalue weighted by atomic mass is 127. The van der Waals surface area contributed by atoms with Crippen LogP contribution in [0, 0.1) is 11.2 Å². The van der Waals surface area contributed by atoms with Crippen molar-refractivity contribution in [3.8, 4) is 0 Å². The Kier molecular flexibility index (Phi) is 10.6. The van der Waals surface area contributed by atoms with E-state index in [1.807, 2.05) is 34.6 Å². The lowest BCUT2D eigenvalue weighted by molar-refractivity contribution is -0.128. The van der Waals surface area contributed by atoms with E-state index < -0.39 is 5.41 Å². The van der Waals surface area contributed by atoms with E-state index >= 15 is 0 Å². The molecule has 0 aliphatic heterocycles. The molecule has 0 aliphatic rings. The average Bonchev–Trinajstić information content (AvgIpc) is 2.56. The molecule has 0 saturated carbocycles. The number of guanidine groups is 1. The van der Waals surface area contributed by atoms with Crippen LogP contribution in [0.15, 0.2) is 23.2 Å². The van der Waals surface area contributed by atoms with Crippen LogP contribution in [-0.4, -0.2) is 38.5 Å². The third-order valence-electron chi connectivity index (χ3n) is 4.18. The fraction of sp³-hybridized carbons (Fsp3) is 0.579. The number of carbonyl (C=O) groups is 1. The Labute approximate surface area is 183 Å². The normalized spacial score (nSPS) is 12.2. The second-order valence-corrected chi connectivity index (χ2v) is 7.93. The highest BCUT2D eigenvalue weighted by Crippen LogP contribution is 2.29. The van der Waals surface area contributed by atoms with Crippen LogP contribution in [0.2, 0.25) is 5.02 Å². The van der Waals surface area contributed by atoms with Crippen molar-refractivity contribution in [2.24, 2.45) is 10.4 Å². The van der Waals surface area contributed by atoms with Gasteiger partial charge in [0.05, 0.1) is 12.0 Å². The summed E-state index contributed by atoms with van der Waals surface area (Å²) in [7, 11) is 1.62. The molecule has 27 heavy (non-hydrogen) atoms.